The molecule has 0 radical (unpaired) electrons. The van der Waals surface area contributed by atoms with Crippen LogP contribution < -0.4 is 0 Å². The normalized spacial score (nSPS) is 49.3. The van der Waals surface area contributed by atoms with Gasteiger partial charge in [0.1, 0.15) is 5.60 Å². The Hall–Kier alpha value is -0.660. The quantitative estimate of drug-likeness (QED) is 0.685. The topological polar surface area (TPSA) is 29.5 Å². The lowest BCUT2D eigenvalue weighted by atomic mass is 9.54. The van der Waals surface area contributed by atoms with E-state index in [-0.39, 0.29) is 11.5 Å². The van der Waals surface area contributed by atoms with E-state index >= 15 is 0 Å². The van der Waals surface area contributed by atoms with Gasteiger partial charge in [-0.15, -0.1) is 0 Å². The number of hydrogen-bond acceptors (Lipinski definition) is 2. The Balaban J connectivity index is 1.83. The van der Waals surface area contributed by atoms with Crippen LogP contribution in [0.3, 0.4) is 0 Å². The molecule has 4 aliphatic carbocycles. The molecule has 0 unspecified atom stereocenters. The van der Waals surface area contributed by atoms with Crippen LogP contribution >= 0.6 is 0 Å². The predicted molar refractivity (Wildman–Crippen MR) is 53.8 cm³/mol. The lowest BCUT2D eigenvalue weighted by Gasteiger charge is -2.55. The number of ether oxygens (including phenoxy) is 1. The summed E-state index contributed by atoms with van der Waals surface area (Å²) in [6.07, 6.45) is 7.66. The minimum atomic E-state index is -0.0769. The molecule has 4 rings (SSSR count). The van der Waals surface area contributed by atoms with Crippen molar-refractivity contribution in [3.63, 3.8) is 0 Å². The van der Waals surface area contributed by atoms with Gasteiger partial charge in [0.15, 0.2) is 0 Å². The van der Waals surface area contributed by atoms with Gasteiger partial charge >= 0.3 is 0 Å². The van der Waals surface area contributed by atoms with Crippen LogP contribution in [0.4, 0.5) is 0 Å². The van der Waals surface area contributed by atoms with E-state index in [4.69, 9.17) is 4.74 Å². The molecule has 1 N–H and O–H groups in total. The second kappa shape index (κ2) is 2.68. The van der Waals surface area contributed by atoms with Gasteiger partial charge in [0, 0.05) is 0 Å². The molecular formula is C12H18O2. The fourth-order valence-corrected chi connectivity index (χ4v) is 4.41. The van der Waals surface area contributed by atoms with Gasteiger partial charge in [-0.25, -0.2) is 0 Å². The standard InChI is InChI=1S/C12H18O2/c1-8(13)14-12-5-9-2-10(6-12)4-11(3-9)7-12/h9-11,13H,1-7H2. The van der Waals surface area contributed by atoms with Crippen molar-refractivity contribution in [2.75, 3.05) is 0 Å². The molecule has 0 amide bonds. The Morgan fingerprint density at radius 1 is 1.07 bits per heavy atom. The van der Waals surface area contributed by atoms with E-state index in [0.717, 1.165) is 37.0 Å². The Bertz CT molecular complexity index is 234. The average Bonchev–Trinajstić information content (AvgIpc) is 1.96. The minimum Gasteiger partial charge on any atom is -0.481 e. The Kier molecular flexibility index (Phi) is 1.65. The molecule has 0 saturated heterocycles. The first-order valence-electron chi connectivity index (χ1n) is 5.72. The Labute approximate surface area is 85.0 Å². The van der Waals surface area contributed by atoms with Crippen LogP contribution in [0.25, 0.3) is 0 Å². The molecule has 4 saturated carbocycles. The summed E-state index contributed by atoms with van der Waals surface area (Å²) >= 11 is 0. The fourth-order valence-electron chi connectivity index (χ4n) is 4.41. The van der Waals surface area contributed by atoms with E-state index in [1.807, 2.05) is 0 Å². The van der Waals surface area contributed by atoms with Crippen LogP contribution in [-0.2, 0) is 4.74 Å². The number of aliphatic hydroxyl groups excluding tert-OH is 1. The highest BCUT2D eigenvalue weighted by molar-refractivity contribution is 5.04. The fraction of sp³-hybridized carbons (Fsp3) is 0.833. The molecule has 0 aromatic heterocycles. The average molecular weight is 194 g/mol. The zero-order valence-corrected chi connectivity index (χ0v) is 8.54. The summed E-state index contributed by atoms with van der Waals surface area (Å²) in [5, 5.41) is 9.20. The monoisotopic (exact) mass is 194 g/mol. The molecule has 4 aliphatic rings. The maximum absolute atomic E-state index is 9.20. The van der Waals surface area contributed by atoms with Crippen LogP contribution in [0, 0.1) is 17.8 Å². The van der Waals surface area contributed by atoms with E-state index in [2.05, 4.69) is 6.58 Å². The first-order valence-corrected chi connectivity index (χ1v) is 5.72. The van der Waals surface area contributed by atoms with Crippen molar-refractivity contribution < 1.29 is 9.84 Å². The van der Waals surface area contributed by atoms with Crippen LogP contribution in [0.1, 0.15) is 38.5 Å². The third-order valence-electron chi connectivity index (χ3n) is 4.32. The molecule has 4 fully saturated rings. The molecule has 0 aromatic carbocycles. The molecule has 14 heavy (non-hydrogen) atoms. The molecule has 2 heteroatoms. The van der Waals surface area contributed by atoms with Crippen molar-refractivity contribution in [3.8, 4) is 0 Å². The summed E-state index contributed by atoms with van der Waals surface area (Å²) in [5.41, 5.74) is -0.0272. The lowest BCUT2D eigenvalue weighted by Crippen LogP contribution is -2.51. The van der Waals surface area contributed by atoms with Crippen molar-refractivity contribution in [1.29, 1.82) is 0 Å². The van der Waals surface area contributed by atoms with Gasteiger partial charge < -0.3 is 9.84 Å². The third kappa shape index (κ3) is 1.23. The van der Waals surface area contributed by atoms with Gasteiger partial charge in [-0.3, -0.25) is 0 Å². The molecule has 0 atom stereocenters. The van der Waals surface area contributed by atoms with E-state index in [0.29, 0.717) is 0 Å². The number of hydrogen-bond donors (Lipinski definition) is 1. The van der Waals surface area contributed by atoms with Crippen molar-refractivity contribution in [2.45, 2.75) is 44.1 Å². The van der Waals surface area contributed by atoms with Gasteiger partial charge in [0.25, 0.3) is 5.95 Å². The molecular weight excluding hydrogens is 176 g/mol. The third-order valence-corrected chi connectivity index (χ3v) is 4.32. The van der Waals surface area contributed by atoms with E-state index in [1.165, 1.54) is 19.3 Å². The van der Waals surface area contributed by atoms with Crippen molar-refractivity contribution in [1.82, 2.24) is 0 Å². The SMILES string of the molecule is C=C(O)OC12CC3CC(CC(C3)C1)C2. The summed E-state index contributed by atoms with van der Waals surface area (Å²) in [6, 6.07) is 0. The summed E-state index contributed by atoms with van der Waals surface area (Å²) in [7, 11) is 0. The summed E-state index contributed by atoms with van der Waals surface area (Å²) in [5.74, 6) is 2.51. The molecule has 0 heterocycles. The molecule has 0 spiro atoms. The maximum atomic E-state index is 9.20. The van der Waals surface area contributed by atoms with E-state index in [9.17, 15) is 5.11 Å². The van der Waals surface area contributed by atoms with E-state index < -0.39 is 0 Å². The van der Waals surface area contributed by atoms with Crippen LogP contribution in [0.15, 0.2) is 12.5 Å². The zero-order chi connectivity index (χ0) is 9.76. The highest BCUT2D eigenvalue weighted by atomic mass is 16.6. The minimum absolute atomic E-state index is 0.0272. The number of rotatable bonds is 2. The second-order valence-electron chi connectivity index (χ2n) is 5.60. The maximum Gasteiger partial charge on any atom is 0.269 e. The zero-order valence-electron chi connectivity index (χ0n) is 8.54. The van der Waals surface area contributed by atoms with Crippen LogP contribution in [0.5, 0.6) is 0 Å². The first-order chi connectivity index (χ1) is 6.65. The Morgan fingerprint density at radius 3 is 1.86 bits per heavy atom. The van der Waals surface area contributed by atoms with Crippen LogP contribution in [0.2, 0.25) is 0 Å². The lowest BCUT2D eigenvalue weighted by molar-refractivity contribution is -0.159. The smallest absolute Gasteiger partial charge is 0.269 e. The second-order valence-corrected chi connectivity index (χ2v) is 5.60. The van der Waals surface area contributed by atoms with E-state index in [1.54, 1.807) is 0 Å². The van der Waals surface area contributed by atoms with Crippen molar-refractivity contribution in [3.05, 3.63) is 12.5 Å². The van der Waals surface area contributed by atoms with Gasteiger partial charge in [-0.2, -0.15) is 0 Å². The molecule has 0 aliphatic heterocycles. The Morgan fingerprint density at radius 2 is 1.50 bits per heavy atom. The molecule has 0 aromatic rings. The van der Waals surface area contributed by atoms with Crippen LogP contribution in [-0.4, -0.2) is 10.7 Å². The summed E-state index contributed by atoms with van der Waals surface area (Å²) in [4.78, 5) is 0. The van der Waals surface area contributed by atoms with Gasteiger partial charge in [0.2, 0.25) is 0 Å². The first kappa shape index (κ1) is 8.63. The van der Waals surface area contributed by atoms with Gasteiger partial charge in [-0.05, 0) is 62.9 Å². The molecule has 4 bridgehead atoms. The number of aliphatic hydroxyl groups is 1. The van der Waals surface area contributed by atoms with Crippen molar-refractivity contribution in [2.24, 2.45) is 17.8 Å². The predicted octanol–water partition coefficient (Wildman–Crippen LogP) is 3.00. The highest BCUT2D eigenvalue weighted by Crippen LogP contribution is 2.57. The summed E-state index contributed by atoms with van der Waals surface area (Å²) < 4.78 is 5.61. The summed E-state index contributed by atoms with van der Waals surface area (Å²) in [6.45, 7) is 3.46. The highest BCUT2D eigenvalue weighted by Gasteiger charge is 2.52. The largest absolute Gasteiger partial charge is 0.481 e. The van der Waals surface area contributed by atoms with Gasteiger partial charge in [-0.1, -0.05) is 0 Å². The van der Waals surface area contributed by atoms with Gasteiger partial charge in [0.05, 0.1) is 0 Å². The molecule has 78 valence electrons. The molecule has 2 nitrogen and oxygen atoms in total. The van der Waals surface area contributed by atoms with Crippen molar-refractivity contribution >= 4 is 0 Å².